The fourth-order valence-corrected chi connectivity index (χ4v) is 2.23. The molecule has 0 saturated heterocycles. The molecule has 7 heteroatoms. The van der Waals surface area contributed by atoms with Crippen molar-refractivity contribution in [3.8, 4) is 0 Å². The zero-order valence-corrected chi connectivity index (χ0v) is 11.3. The van der Waals surface area contributed by atoms with Gasteiger partial charge in [-0.2, -0.15) is 0 Å². The summed E-state index contributed by atoms with van der Waals surface area (Å²) in [4.78, 5) is 0. The van der Waals surface area contributed by atoms with Crippen LogP contribution in [0.3, 0.4) is 0 Å². The second-order valence-electron chi connectivity index (χ2n) is 3.22. The molecule has 1 heterocycles. The number of fused-ring (bicyclic) bond motifs is 1. The Hall–Kier alpha value is -1.02. The Morgan fingerprint density at radius 2 is 1.94 bits per heavy atom. The van der Waals surface area contributed by atoms with Crippen molar-refractivity contribution in [1.29, 1.82) is 0 Å². The first kappa shape index (κ1) is 14.0. The summed E-state index contributed by atoms with van der Waals surface area (Å²) in [5.41, 5.74) is 1.33. The van der Waals surface area contributed by atoms with Gasteiger partial charge in [0.25, 0.3) is 0 Å². The number of nitrogens with zero attached hydrogens (tertiary/aromatic N) is 1. The highest BCUT2D eigenvalue weighted by Gasteiger charge is 2.10. The van der Waals surface area contributed by atoms with E-state index in [2.05, 4.69) is 47.0 Å². The van der Waals surface area contributed by atoms with E-state index < -0.39 is 10.4 Å². The van der Waals surface area contributed by atoms with Gasteiger partial charge in [-0.1, -0.05) is 0 Å². The smallest absolute Gasteiger partial charge is 0.217 e. The van der Waals surface area contributed by atoms with Crippen LogP contribution in [0.5, 0.6) is 0 Å². The van der Waals surface area contributed by atoms with Gasteiger partial charge in [0.2, 0.25) is 15.9 Å². The molecular formula is C10H13NO4S2. The third-order valence-corrected chi connectivity index (χ3v) is 3.70. The van der Waals surface area contributed by atoms with E-state index in [4.69, 9.17) is 0 Å². The number of para-hydroxylation sites is 1. The van der Waals surface area contributed by atoms with Crippen molar-refractivity contribution in [2.75, 3.05) is 7.11 Å². The summed E-state index contributed by atoms with van der Waals surface area (Å²) in [5.74, 6) is 0. The van der Waals surface area contributed by atoms with Crippen LogP contribution in [0.1, 0.15) is 5.01 Å². The SMILES string of the molecule is COS(=O)(=O)[O-].C[c+]1sc2ccccc2n1C. The highest BCUT2D eigenvalue weighted by molar-refractivity contribution is 7.80. The van der Waals surface area contributed by atoms with Crippen LogP contribution >= 0.6 is 11.3 Å². The lowest BCUT2D eigenvalue weighted by atomic mass is 10.3. The molecule has 0 atom stereocenters. The van der Waals surface area contributed by atoms with Gasteiger partial charge in [0.05, 0.1) is 7.11 Å². The maximum atomic E-state index is 9.22. The predicted molar refractivity (Wildman–Crippen MR) is 66.6 cm³/mol. The summed E-state index contributed by atoms with van der Waals surface area (Å²) in [7, 11) is -1.50. The molecule has 1 aromatic carbocycles. The molecule has 94 valence electrons. The molecule has 0 aliphatic carbocycles. The largest absolute Gasteiger partial charge is 0.726 e. The van der Waals surface area contributed by atoms with Crippen LogP contribution in [0.4, 0.5) is 0 Å². The number of aryl methyl sites for hydroxylation is 2. The average Bonchev–Trinajstić information content (AvgIpc) is 2.56. The Morgan fingerprint density at radius 1 is 1.41 bits per heavy atom. The van der Waals surface area contributed by atoms with Gasteiger partial charge >= 0.3 is 0 Å². The number of thiazole rings is 1. The first-order valence-electron chi connectivity index (χ1n) is 4.70. The van der Waals surface area contributed by atoms with Crippen LogP contribution in [-0.2, 0) is 21.6 Å². The summed E-state index contributed by atoms with van der Waals surface area (Å²) in [6.07, 6.45) is 0. The molecule has 0 aliphatic heterocycles. The van der Waals surface area contributed by atoms with Gasteiger partial charge in [0.1, 0.15) is 0 Å². The lowest BCUT2D eigenvalue weighted by Crippen LogP contribution is -1.97. The van der Waals surface area contributed by atoms with Gasteiger partial charge in [-0.15, -0.1) is 0 Å². The lowest BCUT2D eigenvalue weighted by Gasteiger charge is -1.98. The van der Waals surface area contributed by atoms with E-state index in [1.165, 1.54) is 15.2 Å². The quantitative estimate of drug-likeness (QED) is 0.453. The first-order chi connectivity index (χ1) is 7.85. The van der Waals surface area contributed by atoms with Gasteiger partial charge in [-0.3, -0.25) is 4.18 Å². The molecule has 0 amide bonds. The highest BCUT2D eigenvalue weighted by atomic mass is 32.3. The monoisotopic (exact) mass is 275 g/mol. The molecular weight excluding hydrogens is 262 g/mol. The summed E-state index contributed by atoms with van der Waals surface area (Å²) in [6.45, 7) is 2.14. The van der Waals surface area contributed by atoms with E-state index >= 15 is 0 Å². The van der Waals surface area contributed by atoms with Crippen molar-refractivity contribution in [3.63, 3.8) is 0 Å². The normalized spacial score (nSPS) is 11.1. The van der Waals surface area contributed by atoms with Crippen molar-refractivity contribution in [3.05, 3.63) is 29.3 Å². The van der Waals surface area contributed by atoms with Gasteiger partial charge in [-0.25, -0.2) is 13.0 Å². The van der Waals surface area contributed by atoms with Crippen molar-refractivity contribution in [2.45, 2.75) is 6.92 Å². The second kappa shape index (κ2) is 5.54. The maximum absolute atomic E-state index is 9.22. The summed E-state index contributed by atoms with van der Waals surface area (Å²) in [6, 6.07) is 8.47. The number of benzene rings is 1. The van der Waals surface area contributed by atoms with Gasteiger partial charge in [-0.05, 0) is 12.1 Å². The number of hydrogen-bond donors (Lipinski definition) is 0. The molecule has 0 bridgehead atoms. The van der Waals surface area contributed by atoms with Crippen LogP contribution in [0.25, 0.3) is 10.2 Å². The fourth-order valence-electron chi connectivity index (χ4n) is 1.22. The maximum Gasteiger partial charge on any atom is 0.217 e. The molecule has 2 rings (SSSR count). The molecule has 0 fully saturated rings. The zero-order chi connectivity index (χ0) is 13.1. The van der Waals surface area contributed by atoms with E-state index in [0.29, 0.717) is 0 Å². The van der Waals surface area contributed by atoms with Gasteiger partial charge < -0.3 is 4.55 Å². The Balaban J connectivity index is 0.000000209. The van der Waals surface area contributed by atoms with E-state index in [0.717, 1.165) is 7.11 Å². The number of hydrogen-bond acceptors (Lipinski definition) is 5. The minimum absolute atomic E-state index is 0.808. The molecule has 0 aliphatic rings. The molecule has 17 heavy (non-hydrogen) atoms. The topological polar surface area (TPSA) is 71.4 Å². The Labute approximate surface area is 104 Å². The first-order valence-corrected chi connectivity index (χ1v) is 6.85. The summed E-state index contributed by atoms with van der Waals surface area (Å²) < 4.78 is 34.6. The standard InChI is InChI=1S/C9H10NS.CH4O4S/c1-7-10(2)8-5-3-4-6-9(8)11-7;1-5-6(2,3)4/h3-6H,1-2H3;1H3,(H,2,3,4)/q+1;/p-1. The van der Waals surface area contributed by atoms with Gasteiger partial charge in [0, 0.05) is 37.4 Å². The second-order valence-corrected chi connectivity index (χ2v) is 5.61. The Bertz CT molecular complexity index is 604. The fraction of sp³-hybridized carbons (Fsp3) is 0.300. The van der Waals surface area contributed by atoms with Crippen molar-refractivity contribution in [2.24, 2.45) is 7.05 Å². The van der Waals surface area contributed by atoms with Crippen LogP contribution < -0.4 is 0 Å². The van der Waals surface area contributed by atoms with E-state index in [1.807, 2.05) is 11.3 Å². The van der Waals surface area contributed by atoms with Crippen molar-refractivity contribution >= 4 is 32.0 Å². The third kappa shape index (κ3) is 4.04. The minimum Gasteiger partial charge on any atom is -0.726 e. The van der Waals surface area contributed by atoms with E-state index in [1.54, 1.807) is 0 Å². The summed E-state index contributed by atoms with van der Waals surface area (Å²) >= 11 is 1.84. The molecule has 0 unspecified atom stereocenters. The molecule has 5 nitrogen and oxygen atoms in total. The molecule has 0 N–H and O–H groups in total. The third-order valence-electron chi connectivity index (χ3n) is 2.16. The van der Waals surface area contributed by atoms with E-state index in [9.17, 15) is 13.0 Å². The summed E-state index contributed by atoms with van der Waals surface area (Å²) in [5, 5.41) is 1.35. The Morgan fingerprint density at radius 3 is 2.41 bits per heavy atom. The number of aromatic nitrogens is 1. The Kier molecular flexibility index (Phi) is 4.58. The van der Waals surface area contributed by atoms with Gasteiger partial charge in [0.15, 0.2) is 9.71 Å². The lowest BCUT2D eigenvalue weighted by molar-refractivity contribution is 0.314. The van der Waals surface area contributed by atoms with Crippen LogP contribution in [0, 0.1) is 6.92 Å². The van der Waals surface area contributed by atoms with Crippen molar-refractivity contribution in [1.82, 2.24) is 4.57 Å². The number of rotatable bonds is 1. The van der Waals surface area contributed by atoms with Crippen molar-refractivity contribution < 1.29 is 17.2 Å². The molecule has 0 radical (unpaired) electrons. The van der Waals surface area contributed by atoms with Crippen LogP contribution in [0.15, 0.2) is 24.3 Å². The highest BCUT2D eigenvalue weighted by Crippen LogP contribution is 2.23. The van der Waals surface area contributed by atoms with Crippen LogP contribution in [0.2, 0.25) is 0 Å². The van der Waals surface area contributed by atoms with Crippen LogP contribution in [-0.4, -0.2) is 24.6 Å². The molecule has 1 aromatic heterocycles. The molecule has 0 saturated carbocycles. The zero-order valence-electron chi connectivity index (χ0n) is 9.71. The predicted octanol–water partition coefficient (Wildman–Crippen LogP) is 1.92. The molecule has 2 aromatic rings. The minimum atomic E-state index is -4.41. The van der Waals surface area contributed by atoms with E-state index in [-0.39, 0.29) is 0 Å². The molecule has 0 spiro atoms. The average molecular weight is 275 g/mol.